The normalized spacial score (nSPS) is 20.5. The number of carbonyl (C=O) groups excluding carboxylic acids is 1. The third-order valence-corrected chi connectivity index (χ3v) is 8.52. The molecule has 1 saturated heterocycles. The number of amides is 1. The molecule has 160 valence electrons. The van der Waals surface area contributed by atoms with Crippen LogP contribution in [0.4, 0.5) is 0 Å². The summed E-state index contributed by atoms with van der Waals surface area (Å²) >= 11 is 0. The first-order valence-corrected chi connectivity index (χ1v) is 12.3. The average Bonchev–Trinajstić information content (AvgIpc) is 2.76. The smallest absolute Gasteiger partial charge is 0.243 e. The van der Waals surface area contributed by atoms with Gasteiger partial charge in [0.25, 0.3) is 0 Å². The lowest BCUT2D eigenvalue weighted by atomic mass is 9.87. The van der Waals surface area contributed by atoms with Crippen LogP contribution in [-0.2, 0) is 21.2 Å². The van der Waals surface area contributed by atoms with E-state index in [2.05, 4.69) is 23.5 Å². The zero-order valence-electron chi connectivity index (χ0n) is 17.7. The highest BCUT2D eigenvalue weighted by Gasteiger charge is 2.33. The number of rotatable bonds is 4. The zero-order valence-corrected chi connectivity index (χ0v) is 18.5. The van der Waals surface area contributed by atoms with E-state index in [-0.39, 0.29) is 17.9 Å². The van der Waals surface area contributed by atoms with Crippen LogP contribution in [0.5, 0.6) is 0 Å². The van der Waals surface area contributed by atoms with E-state index in [0.29, 0.717) is 30.8 Å². The van der Waals surface area contributed by atoms with Gasteiger partial charge in [0, 0.05) is 19.0 Å². The van der Waals surface area contributed by atoms with Gasteiger partial charge in [0.2, 0.25) is 15.9 Å². The highest BCUT2D eigenvalue weighted by Crippen LogP contribution is 2.31. The molecule has 6 heteroatoms. The maximum atomic E-state index is 13.0. The molecule has 1 aliphatic carbocycles. The lowest BCUT2D eigenvalue weighted by Crippen LogP contribution is -2.44. The molecule has 0 bridgehead atoms. The summed E-state index contributed by atoms with van der Waals surface area (Å²) in [5, 5.41) is 3.24. The van der Waals surface area contributed by atoms with Gasteiger partial charge in [-0.2, -0.15) is 4.31 Å². The van der Waals surface area contributed by atoms with Gasteiger partial charge in [-0.05, 0) is 80.3 Å². The first-order valence-electron chi connectivity index (χ1n) is 10.8. The van der Waals surface area contributed by atoms with Crippen LogP contribution in [0, 0.1) is 19.8 Å². The molecular formula is C24H30N2O3S. The molecule has 4 rings (SSSR count). The quantitative estimate of drug-likeness (QED) is 0.806. The van der Waals surface area contributed by atoms with Gasteiger partial charge >= 0.3 is 0 Å². The topological polar surface area (TPSA) is 66.5 Å². The third kappa shape index (κ3) is 4.16. The first-order chi connectivity index (χ1) is 14.4. The Bertz CT molecular complexity index is 1040. The number of sulfonamides is 1. The third-order valence-electron chi connectivity index (χ3n) is 6.63. The predicted molar refractivity (Wildman–Crippen MR) is 118 cm³/mol. The summed E-state index contributed by atoms with van der Waals surface area (Å²) in [6.45, 7) is 4.66. The van der Waals surface area contributed by atoms with Crippen LogP contribution < -0.4 is 5.32 Å². The van der Waals surface area contributed by atoms with Crippen molar-refractivity contribution in [2.24, 2.45) is 5.92 Å². The van der Waals surface area contributed by atoms with E-state index in [9.17, 15) is 13.2 Å². The number of hydrogen-bond acceptors (Lipinski definition) is 3. The number of hydrogen-bond donors (Lipinski definition) is 1. The van der Waals surface area contributed by atoms with E-state index in [0.717, 1.165) is 30.4 Å². The second kappa shape index (κ2) is 8.52. The molecule has 0 unspecified atom stereocenters. The van der Waals surface area contributed by atoms with Gasteiger partial charge in [0.1, 0.15) is 0 Å². The van der Waals surface area contributed by atoms with E-state index < -0.39 is 10.0 Å². The zero-order chi connectivity index (χ0) is 21.3. The molecule has 0 radical (unpaired) electrons. The van der Waals surface area contributed by atoms with Crippen LogP contribution in [0.15, 0.2) is 47.4 Å². The minimum absolute atomic E-state index is 0.0555. The van der Waals surface area contributed by atoms with E-state index in [4.69, 9.17) is 0 Å². The van der Waals surface area contributed by atoms with Crippen molar-refractivity contribution in [2.75, 3.05) is 13.1 Å². The molecule has 2 aliphatic rings. The van der Waals surface area contributed by atoms with Crippen molar-refractivity contribution < 1.29 is 13.2 Å². The monoisotopic (exact) mass is 426 g/mol. The molecular weight excluding hydrogens is 396 g/mol. The molecule has 1 atom stereocenters. The number of fused-ring (bicyclic) bond motifs is 1. The molecule has 1 amide bonds. The summed E-state index contributed by atoms with van der Waals surface area (Å²) in [4.78, 5) is 13.2. The number of nitrogens with one attached hydrogen (secondary N) is 1. The number of benzene rings is 2. The van der Waals surface area contributed by atoms with Crippen LogP contribution in [0.2, 0.25) is 0 Å². The van der Waals surface area contributed by atoms with E-state index in [1.807, 2.05) is 26.0 Å². The lowest BCUT2D eigenvalue weighted by molar-refractivity contribution is -0.127. The van der Waals surface area contributed by atoms with Crippen molar-refractivity contribution in [3.8, 4) is 0 Å². The predicted octanol–water partition coefficient (Wildman–Crippen LogP) is 3.90. The standard InChI is InChI=1S/C24H30N2O3S/c1-17-10-11-21(16-18(17)2)30(28,29)26-14-12-20(13-15-26)24(27)25-23-9-5-7-19-6-3-4-8-22(19)23/h3-4,6,8,10-11,16,20,23H,5,7,9,12-15H2,1-2H3,(H,25,27)/t23-/m0/s1. The number of carbonyl (C=O) groups is 1. The van der Waals surface area contributed by atoms with Gasteiger partial charge in [-0.25, -0.2) is 8.42 Å². The van der Waals surface area contributed by atoms with Crippen LogP contribution in [0.1, 0.15) is 54.0 Å². The first kappa shape index (κ1) is 21.1. The molecule has 0 spiro atoms. The summed E-state index contributed by atoms with van der Waals surface area (Å²) in [6.07, 6.45) is 4.23. The molecule has 0 aromatic heterocycles. The van der Waals surface area contributed by atoms with Gasteiger partial charge in [-0.3, -0.25) is 4.79 Å². The summed E-state index contributed by atoms with van der Waals surface area (Å²) in [6, 6.07) is 13.7. The summed E-state index contributed by atoms with van der Waals surface area (Å²) in [7, 11) is -3.52. The van der Waals surface area contributed by atoms with E-state index >= 15 is 0 Å². The molecule has 1 heterocycles. The van der Waals surface area contributed by atoms with Gasteiger partial charge in [0.05, 0.1) is 10.9 Å². The maximum absolute atomic E-state index is 13.0. The highest BCUT2D eigenvalue weighted by atomic mass is 32.2. The Morgan fingerprint density at radius 3 is 2.47 bits per heavy atom. The Morgan fingerprint density at radius 1 is 1.00 bits per heavy atom. The largest absolute Gasteiger partial charge is 0.349 e. The van der Waals surface area contributed by atoms with Crippen molar-refractivity contribution in [1.29, 1.82) is 0 Å². The van der Waals surface area contributed by atoms with E-state index in [1.54, 1.807) is 12.1 Å². The minimum atomic E-state index is -3.52. The second-order valence-electron chi connectivity index (χ2n) is 8.58. The van der Waals surface area contributed by atoms with Crippen LogP contribution >= 0.6 is 0 Å². The van der Waals surface area contributed by atoms with Crippen molar-refractivity contribution in [3.05, 3.63) is 64.7 Å². The average molecular weight is 427 g/mol. The van der Waals surface area contributed by atoms with Crippen LogP contribution in [0.25, 0.3) is 0 Å². The number of aryl methyl sites for hydroxylation is 3. The Labute approximate surface area is 179 Å². The van der Waals surface area contributed by atoms with Gasteiger partial charge < -0.3 is 5.32 Å². The molecule has 1 N–H and O–H groups in total. The molecule has 1 aliphatic heterocycles. The minimum Gasteiger partial charge on any atom is -0.349 e. The molecule has 2 aromatic carbocycles. The Hall–Kier alpha value is -2.18. The van der Waals surface area contributed by atoms with Gasteiger partial charge in [0.15, 0.2) is 0 Å². The Kier molecular flexibility index (Phi) is 5.98. The van der Waals surface area contributed by atoms with Crippen molar-refractivity contribution in [3.63, 3.8) is 0 Å². The molecule has 5 nitrogen and oxygen atoms in total. The Balaban J connectivity index is 1.39. The summed E-state index contributed by atoms with van der Waals surface area (Å²) in [5.41, 5.74) is 4.60. The van der Waals surface area contributed by atoms with Crippen molar-refractivity contribution in [1.82, 2.24) is 9.62 Å². The SMILES string of the molecule is Cc1ccc(S(=O)(=O)N2CCC(C(=O)N[C@H]3CCCc4ccccc43)CC2)cc1C. The van der Waals surface area contributed by atoms with Crippen LogP contribution in [0.3, 0.4) is 0 Å². The lowest BCUT2D eigenvalue weighted by Gasteiger charge is -2.32. The fourth-order valence-corrected chi connectivity index (χ4v) is 6.13. The van der Waals surface area contributed by atoms with Crippen LogP contribution in [-0.4, -0.2) is 31.7 Å². The summed E-state index contributed by atoms with van der Waals surface area (Å²) in [5.74, 6) is -0.0785. The second-order valence-corrected chi connectivity index (χ2v) is 10.5. The Morgan fingerprint density at radius 2 is 1.73 bits per heavy atom. The molecule has 2 aromatic rings. The number of piperidine rings is 1. The summed E-state index contributed by atoms with van der Waals surface area (Å²) < 4.78 is 27.5. The maximum Gasteiger partial charge on any atom is 0.243 e. The highest BCUT2D eigenvalue weighted by molar-refractivity contribution is 7.89. The molecule has 30 heavy (non-hydrogen) atoms. The molecule has 1 fully saturated rings. The van der Waals surface area contributed by atoms with Gasteiger partial charge in [-0.1, -0.05) is 30.3 Å². The van der Waals surface area contributed by atoms with Crippen molar-refractivity contribution in [2.45, 2.75) is 56.9 Å². The van der Waals surface area contributed by atoms with Crippen molar-refractivity contribution >= 4 is 15.9 Å². The fourth-order valence-electron chi connectivity index (χ4n) is 4.58. The van der Waals surface area contributed by atoms with Gasteiger partial charge in [-0.15, -0.1) is 0 Å². The molecule has 0 saturated carbocycles. The number of nitrogens with zero attached hydrogens (tertiary/aromatic N) is 1. The fraction of sp³-hybridized carbons (Fsp3) is 0.458. The van der Waals surface area contributed by atoms with E-state index in [1.165, 1.54) is 15.4 Å².